The van der Waals surface area contributed by atoms with Crippen LogP contribution in [0.1, 0.15) is 256 Å². The zero-order chi connectivity index (χ0) is 110. The number of carbonyl (C=O) groups is 6. The number of nitrogens with two attached hydrogens (primary N) is 1. The number of hydrogen-bond acceptors (Lipinski definition) is 24. The highest BCUT2D eigenvalue weighted by atomic mass is 79.9. The SMILES string of the molecule is CC(=O)c1ccc(O)cc1O.CC(C)(C)OC(=O)c1cc(Cl)c(CBr)cc1F.CC(C)(C)OC(=O)c1cc(Cl)c(COc2ccc3c(c2)OC(C)(C)CC3)cc1F.CC1(C)CC(=O)c2ccc(O)cc2O1.CC1(C)CCc2ccc(O)cc2O1.CC1(C)CCc2ccc(OCc3cc(F)c(C(=O)O)cc3Cl)cc2O1.CN(C)S(=O)(=O)NC(=O)c1cc(Cl)c(COc2ccc3c(c2)OC(C)(C)CC3)cc1F.CN(C)S(N)(=O)=O. The Hall–Kier alpha value is -11.8. The summed E-state index contributed by atoms with van der Waals surface area (Å²) in [7, 11) is -2.24. The Morgan fingerprint density at radius 1 is 0.429 bits per heavy atom. The minimum Gasteiger partial charge on any atom is -0.508 e. The molecule has 0 radical (unpaired) electrons. The van der Waals surface area contributed by atoms with Gasteiger partial charge in [0.05, 0.1) is 39.8 Å². The van der Waals surface area contributed by atoms with Gasteiger partial charge in [0, 0.05) is 107 Å². The predicted molar refractivity (Wildman–Crippen MR) is 557 cm³/mol. The minimum absolute atomic E-state index is 0.0256. The Labute approximate surface area is 882 Å². The van der Waals surface area contributed by atoms with Crippen molar-refractivity contribution in [2.75, 3.05) is 28.2 Å². The lowest BCUT2D eigenvalue weighted by Crippen LogP contribution is -2.39. The van der Waals surface area contributed by atoms with E-state index < -0.39 is 95.4 Å². The summed E-state index contributed by atoms with van der Waals surface area (Å²) in [6, 6.07) is 39.9. The molecule has 1 amide bonds. The number of rotatable bonds is 18. The van der Waals surface area contributed by atoms with Crippen LogP contribution in [0.15, 0.2) is 158 Å². The predicted octanol–water partition coefficient (Wildman–Crippen LogP) is 23.7. The molecule has 29 nitrogen and oxygen atoms in total. The fraction of sp³-hybridized carbons (Fsp3) is 0.383. The van der Waals surface area contributed by atoms with Crippen LogP contribution in [-0.2, 0) is 80.7 Å². The molecule has 40 heteroatoms. The van der Waals surface area contributed by atoms with Gasteiger partial charge in [-0.3, -0.25) is 14.4 Å². The van der Waals surface area contributed by atoms with E-state index in [1.54, 1.807) is 76.6 Å². The molecule has 15 rings (SSSR count). The number of hydrogen-bond donors (Lipinski definition) is 7. The first-order valence-corrected chi connectivity index (χ1v) is 51.5. The van der Waals surface area contributed by atoms with Gasteiger partial charge in [-0.25, -0.2) is 41.8 Å². The maximum Gasteiger partial charge on any atom is 0.341 e. The molecule has 8 N–H and O–H groups in total. The van der Waals surface area contributed by atoms with Gasteiger partial charge in [0.1, 0.15) is 151 Å². The summed E-state index contributed by atoms with van der Waals surface area (Å²) >= 11 is 27.6. The van der Waals surface area contributed by atoms with Crippen molar-refractivity contribution < 1.29 is 136 Å². The summed E-state index contributed by atoms with van der Waals surface area (Å²) in [6.07, 6.45) is 8.07. The van der Waals surface area contributed by atoms with E-state index in [2.05, 4.69) is 48.8 Å². The van der Waals surface area contributed by atoms with E-state index in [-0.39, 0.29) is 109 Å². The molecular weight excluding hydrogens is 2100 g/mol. The number of fused-ring (bicyclic) bond motifs is 5. The average Bonchev–Trinajstić information content (AvgIpc) is 0.793. The average molecular weight is 2230 g/mol. The number of Topliss-reactive ketones (excluding diaryl/α,β-unsaturated/α-hetero) is 2. The highest BCUT2D eigenvalue weighted by Gasteiger charge is 2.36. The molecule has 0 unspecified atom stereocenters. The lowest BCUT2D eigenvalue weighted by atomic mass is 9.93. The number of ketones is 2. The number of carboxylic acids is 1. The van der Waals surface area contributed by atoms with Crippen molar-refractivity contribution in [1.29, 1.82) is 0 Å². The molecule has 5 aliphatic rings. The topological polar surface area (TPSA) is 409 Å². The molecule has 0 atom stereocenters. The molecule has 5 aliphatic heterocycles. The number of ether oxygens (including phenoxy) is 10. The monoisotopic (exact) mass is 2220 g/mol. The maximum absolute atomic E-state index is 14.5. The first kappa shape index (κ1) is 120. The summed E-state index contributed by atoms with van der Waals surface area (Å²) in [6.45, 7) is 31.8. The third kappa shape index (κ3) is 36.9. The van der Waals surface area contributed by atoms with E-state index >= 15 is 0 Å². The molecule has 10 aromatic carbocycles. The molecular formula is C107H123BrCl4F4N4O25S2. The molecule has 5 heterocycles. The maximum atomic E-state index is 14.5. The number of nitrogens with one attached hydrogen (secondary N) is 1. The number of phenols is 4. The summed E-state index contributed by atoms with van der Waals surface area (Å²) in [5.74, 6) is -1.64. The molecule has 0 aliphatic carbocycles. The lowest BCUT2D eigenvalue weighted by molar-refractivity contribution is 0.00517. The molecule has 0 aromatic heterocycles. The second-order valence-corrected chi connectivity index (χ2v) is 45.8. The molecule has 147 heavy (non-hydrogen) atoms. The Kier molecular flexibility index (Phi) is 40.9. The molecule has 10 aromatic rings. The Balaban J connectivity index is 0.000000212. The summed E-state index contributed by atoms with van der Waals surface area (Å²) < 4.78 is 160. The van der Waals surface area contributed by atoms with E-state index in [4.69, 9.17) is 109 Å². The van der Waals surface area contributed by atoms with Crippen LogP contribution in [0, 0.1) is 23.3 Å². The molecule has 0 bridgehead atoms. The van der Waals surface area contributed by atoms with Crippen LogP contribution < -0.4 is 47.8 Å². The van der Waals surface area contributed by atoms with Crippen LogP contribution in [0.4, 0.5) is 17.6 Å². The minimum atomic E-state index is -4.06. The largest absolute Gasteiger partial charge is 0.508 e. The quantitative estimate of drug-likeness (QED) is 0.0181. The zero-order valence-electron chi connectivity index (χ0n) is 85.3. The number of halogens is 9. The van der Waals surface area contributed by atoms with Crippen molar-refractivity contribution in [2.24, 2.45) is 5.14 Å². The standard InChI is InChI=1S/C23H26ClFO4.C21H24ClFN2O5S.C19H18ClFO4.C12H13BrClFO2.C11H12O3.C11H14O2.C8H8O3.C2H8N2O2S/c1-22(2,3)29-21(26)17-12-18(24)15(10-19(17)25)13-27-16-7-6-14-8-9-23(4,5)28-20(14)11-16;1-21(2)8-7-13-5-6-15(10-19(13)30-21)29-12-14-9-18(23)16(11-17(14)22)20(26)24-31(27,28)25(3)4;1-19(2)6-5-11-3-4-13(8-17(11)25-19)24-10-12-7-16(21)14(18(22)23)9-15(12)20;1-12(2,3)17-11(16)8-5-9(14)7(6-13)4-10(8)15;1-11(2)6-9(13)8-4-3-7(12)5-10(8)14-11;1-11(2)6-5-8-3-4-9(12)7-10(8)13-11;1-5(9)7-3-2-6(10)4-8(7)11;1-4(2)7(3,5)6/h6-7,10-12H,8-9,13H2,1-5H3;5-6,9-11H,7-8,12H2,1-4H3,(H,24,26);3-4,7-9H,5-6,10H2,1-2H3,(H,22,23);4-5H,6H2,1-3H3;3-5,12H,6H2,1-2H3;3-4,7,12H,5-6H2,1-2H3;2-4,10-11H,1H3;1-2H3,(H2,3,5,6). The number of carboxylic acid groups (broad SMARTS) is 1. The summed E-state index contributed by atoms with van der Waals surface area (Å²) in [4.78, 5) is 69.3. The van der Waals surface area contributed by atoms with Gasteiger partial charge in [0.15, 0.2) is 11.6 Å². The van der Waals surface area contributed by atoms with Crippen molar-refractivity contribution in [3.05, 3.63) is 279 Å². The second-order valence-electron chi connectivity index (χ2n) is 40.0. The van der Waals surface area contributed by atoms with Crippen LogP contribution >= 0.6 is 62.3 Å². The number of aromatic carboxylic acids is 1. The van der Waals surface area contributed by atoms with Crippen molar-refractivity contribution in [3.63, 3.8) is 0 Å². The van der Waals surface area contributed by atoms with E-state index in [1.807, 2.05) is 90.1 Å². The molecule has 0 fully saturated rings. The van der Waals surface area contributed by atoms with Crippen LogP contribution in [0.25, 0.3) is 0 Å². The number of aromatic hydroxyl groups is 4. The van der Waals surface area contributed by atoms with Gasteiger partial charge in [-0.2, -0.15) is 25.4 Å². The Morgan fingerprint density at radius 2 is 0.735 bits per heavy atom. The fourth-order valence-corrected chi connectivity index (χ4v) is 16.1. The third-order valence-corrected chi connectivity index (χ3v) is 26.5. The van der Waals surface area contributed by atoms with Gasteiger partial charge in [-0.05, 0) is 294 Å². The molecule has 796 valence electrons. The lowest BCUT2D eigenvalue weighted by Gasteiger charge is -2.32. The third-order valence-electron chi connectivity index (χ3n) is 22.1. The first-order chi connectivity index (χ1) is 67.9. The number of nitrogens with zero attached hydrogens (tertiary/aromatic N) is 2. The number of aryl methyl sites for hydroxylation is 4. The molecule has 0 saturated heterocycles. The summed E-state index contributed by atoms with van der Waals surface area (Å²) in [5, 5.41) is 51.2. The molecule has 0 saturated carbocycles. The van der Waals surface area contributed by atoms with Crippen LogP contribution in [0.3, 0.4) is 0 Å². The number of benzene rings is 10. The number of alkyl halides is 1. The van der Waals surface area contributed by atoms with Crippen molar-refractivity contribution in [2.45, 2.75) is 240 Å². The van der Waals surface area contributed by atoms with Crippen molar-refractivity contribution >= 4 is 118 Å². The smallest absolute Gasteiger partial charge is 0.341 e. The van der Waals surface area contributed by atoms with Gasteiger partial charge in [-0.1, -0.05) is 86.6 Å². The van der Waals surface area contributed by atoms with Gasteiger partial charge in [-0.15, -0.1) is 0 Å². The zero-order valence-corrected chi connectivity index (χ0v) is 91.5. The Bertz CT molecular complexity index is 6750. The number of phenolic OH excluding ortho intramolecular Hbond substituents is 4. The van der Waals surface area contributed by atoms with Gasteiger partial charge in [0.2, 0.25) is 0 Å². The van der Waals surface area contributed by atoms with Gasteiger partial charge < -0.3 is 72.9 Å². The van der Waals surface area contributed by atoms with E-state index in [0.29, 0.717) is 67.6 Å². The van der Waals surface area contributed by atoms with Gasteiger partial charge in [0.25, 0.3) is 16.1 Å². The first-order valence-electron chi connectivity index (χ1n) is 46.0. The highest BCUT2D eigenvalue weighted by Crippen LogP contribution is 2.43. The van der Waals surface area contributed by atoms with Crippen LogP contribution in [0.5, 0.6) is 69.0 Å². The van der Waals surface area contributed by atoms with Crippen LogP contribution in [-0.4, -0.2) is 154 Å². The normalized spacial score (nSPS) is 14.9. The molecule has 0 spiro atoms. The van der Waals surface area contributed by atoms with Crippen LogP contribution in [0.2, 0.25) is 20.1 Å². The van der Waals surface area contributed by atoms with Crippen molar-refractivity contribution in [1.82, 2.24) is 13.3 Å². The highest BCUT2D eigenvalue weighted by molar-refractivity contribution is 9.08. The van der Waals surface area contributed by atoms with E-state index in [1.165, 1.54) is 89.2 Å². The number of esters is 2. The van der Waals surface area contributed by atoms with E-state index in [9.17, 15) is 73.4 Å². The fourth-order valence-electron chi connectivity index (χ4n) is 14.1. The number of carbonyl (C=O) groups excluding carboxylic acids is 5. The summed E-state index contributed by atoms with van der Waals surface area (Å²) in [5.41, 5.74) is 3.14. The van der Waals surface area contributed by atoms with E-state index in [0.717, 1.165) is 130 Å². The second kappa shape index (κ2) is 50.0. The van der Waals surface area contributed by atoms with Crippen molar-refractivity contribution in [3.8, 4) is 69.0 Å². The Morgan fingerprint density at radius 3 is 1.08 bits per heavy atom. The number of amides is 1. The van der Waals surface area contributed by atoms with Gasteiger partial charge >= 0.3 is 28.1 Å².